The smallest absolute Gasteiger partial charge is 0.216 e. The third-order valence-corrected chi connectivity index (χ3v) is 6.70. The molecule has 180 valence electrons. The number of pyridine rings is 1. The standard InChI is InChI=1S/C24H20ClN9S2/c25-19-10-8-17(9-11-19)22-29-30-23(35)34(22)32-20(16-5-2-1-3-6-16)12-14-36-24-31-28-21(33(24)26)18-7-4-13-27-15-18/h1-11,13,15H,12,14,26H2,(H,30,35)/b32-20+. The summed E-state index contributed by atoms with van der Waals surface area (Å²) in [6.07, 6.45) is 4.02. The first-order chi connectivity index (χ1) is 17.6. The van der Waals surface area contributed by atoms with Gasteiger partial charge < -0.3 is 5.84 Å². The van der Waals surface area contributed by atoms with Crippen molar-refractivity contribution in [3.05, 3.63) is 94.5 Å². The Morgan fingerprint density at radius 1 is 1.00 bits per heavy atom. The van der Waals surface area contributed by atoms with Gasteiger partial charge in [0.1, 0.15) is 0 Å². The molecule has 0 saturated heterocycles. The highest BCUT2D eigenvalue weighted by Gasteiger charge is 2.15. The third kappa shape index (κ3) is 5.23. The summed E-state index contributed by atoms with van der Waals surface area (Å²) in [5.41, 5.74) is 3.46. The molecule has 0 atom stereocenters. The lowest BCUT2D eigenvalue weighted by atomic mass is 10.1. The lowest BCUT2D eigenvalue weighted by Crippen LogP contribution is -2.12. The summed E-state index contributed by atoms with van der Waals surface area (Å²) in [5.74, 6) is 8.08. The maximum absolute atomic E-state index is 6.26. The number of nitrogen functional groups attached to an aromatic ring is 1. The number of nitrogens with two attached hydrogens (primary N) is 1. The molecule has 0 radical (unpaired) electrons. The molecule has 0 aliphatic heterocycles. The van der Waals surface area contributed by atoms with E-state index in [2.05, 4.69) is 25.4 Å². The van der Waals surface area contributed by atoms with Crippen LogP contribution in [0.3, 0.4) is 0 Å². The first-order valence-corrected chi connectivity index (χ1v) is 12.7. The molecule has 0 aliphatic rings. The number of aromatic amines is 1. The van der Waals surface area contributed by atoms with Crippen LogP contribution in [0.2, 0.25) is 5.02 Å². The van der Waals surface area contributed by atoms with Crippen LogP contribution in [0, 0.1) is 4.77 Å². The Kier molecular flexibility index (Phi) is 7.21. The van der Waals surface area contributed by atoms with Crippen LogP contribution < -0.4 is 5.84 Å². The number of aromatic nitrogens is 7. The summed E-state index contributed by atoms with van der Waals surface area (Å²) in [4.78, 5) is 4.12. The summed E-state index contributed by atoms with van der Waals surface area (Å²) in [7, 11) is 0. The van der Waals surface area contributed by atoms with Crippen molar-refractivity contribution in [3.63, 3.8) is 0 Å². The van der Waals surface area contributed by atoms with E-state index in [1.54, 1.807) is 29.2 Å². The Morgan fingerprint density at radius 3 is 2.56 bits per heavy atom. The molecule has 5 rings (SSSR count). The van der Waals surface area contributed by atoms with Gasteiger partial charge in [-0.1, -0.05) is 53.7 Å². The van der Waals surface area contributed by atoms with Gasteiger partial charge in [0.25, 0.3) is 0 Å². The average Bonchev–Trinajstić information content (AvgIpc) is 3.47. The van der Waals surface area contributed by atoms with E-state index >= 15 is 0 Å². The third-order valence-electron chi connectivity index (χ3n) is 5.23. The van der Waals surface area contributed by atoms with Crippen LogP contribution in [-0.4, -0.2) is 46.2 Å². The summed E-state index contributed by atoms with van der Waals surface area (Å²) < 4.78 is 3.51. The van der Waals surface area contributed by atoms with E-state index in [4.69, 9.17) is 34.8 Å². The lowest BCUT2D eigenvalue weighted by Gasteiger charge is -2.09. The van der Waals surface area contributed by atoms with E-state index in [1.807, 2.05) is 54.6 Å². The van der Waals surface area contributed by atoms with Crippen molar-refractivity contribution in [1.29, 1.82) is 0 Å². The number of nitrogens with one attached hydrogen (secondary N) is 1. The molecule has 0 spiro atoms. The Balaban J connectivity index is 1.41. The Bertz CT molecular complexity index is 1540. The van der Waals surface area contributed by atoms with E-state index in [1.165, 1.54) is 16.4 Å². The molecule has 0 aliphatic carbocycles. The molecule has 0 unspecified atom stereocenters. The molecular weight excluding hydrogens is 514 g/mol. The Morgan fingerprint density at radius 2 is 1.81 bits per heavy atom. The Hall–Kier alpha value is -3.80. The number of benzene rings is 2. The zero-order valence-electron chi connectivity index (χ0n) is 18.8. The van der Waals surface area contributed by atoms with Gasteiger partial charge >= 0.3 is 0 Å². The summed E-state index contributed by atoms with van der Waals surface area (Å²) in [5, 5.41) is 21.8. The highest BCUT2D eigenvalue weighted by Crippen LogP contribution is 2.23. The van der Waals surface area contributed by atoms with Gasteiger partial charge in [0, 0.05) is 40.7 Å². The van der Waals surface area contributed by atoms with Crippen LogP contribution in [0.5, 0.6) is 0 Å². The first-order valence-electron chi connectivity index (χ1n) is 10.9. The van der Waals surface area contributed by atoms with Crippen LogP contribution in [0.4, 0.5) is 0 Å². The predicted octanol–water partition coefficient (Wildman–Crippen LogP) is 5.06. The highest BCUT2D eigenvalue weighted by atomic mass is 35.5. The molecule has 3 N–H and O–H groups in total. The summed E-state index contributed by atoms with van der Waals surface area (Å²) in [6.45, 7) is 0. The second-order valence-corrected chi connectivity index (χ2v) is 9.49. The van der Waals surface area contributed by atoms with Crippen molar-refractivity contribution in [2.45, 2.75) is 11.6 Å². The largest absolute Gasteiger partial charge is 0.335 e. The van der Waals surface area contributed by atoms with Gasteiger partial charge in [0.2, 0.25) is 9.93 Å². The van der Waals surface area contributed by atoms with Crippen LogP contribution in [0.1, 0.15) is 12.0 Å². The van der Waals surface area contributed by atoms with E-state index in [0.717, 1.165) is 22.4 Å². The summed E-state index contributed by atoms with van der Waals surface area (Å²) in [6, 6.07) is 21.0. The maximum atomic E-state index is 6.26. The molecule has 12 heteroatoms. The molecule has 0 fully saturated rings. The fourth-order valence-corrected chi connectivity index (χ4v) is 4.58. The molecule has 2 aromatic carbocycles. The zero-order chi connectivity index (χ0) is 24.9. The second-order valence-electron chi connectivity index (χ2n) is 7.60. The van der Waals surface area contributed by atoms with Crippen LogP contribution in [-0.2, 0) is 0 Å². The number of halogens is 1. The van der Waals surface area contributed by atoms with Gasteiger partial charge in [-0.3, -0.25) is 4.98 Å². The lowest BCUT2D eigenvalue weighted by molar-refractivity contribution is 0.847. The highest BCUT2D eigenvalue weighted by molar-refractivity contribution is 7.99. The van der Waals surface area contributed by atoms with Crippen molar-refractivity contribution in [1.82, 2.24) is 34.7 Å². The molecule has 3 heterocycles. The number of hydrogen-bond donors (Lipinski definition) is 2. The maximum Gasteiger partial charge on any atom is 0.216 e. The molecule has 0 saturated carbocycles. The van der Waals surface area contributed by atoms with Crippen molar-refractivity contribution in [3.8, 4) is 22.8 Å². The Labute approximate surface area is 221 Å². The van der Waals surface area contributed by atoms with E-state index < -0.39 is 0 Å². The molecule has 36 heavy (non-hydrogen) atoms. The second kappa shape index (κ2) is 10.9. The normalized spacial score (nSPS) is 11.6. The van der Waals surface area contributed by atoms with Crippen molar-refractivity contribution < 1.29 is 0 Å². The van der Waals surface area contributed by atoms with Crippen LogP contribution in [0.15, 0.2) is 89.4 Å². The predicted molar refractivity (Wildman–Crippen MR) is 145 cm³/mol. The monoisotopic (exact) mass is 533 g/mol. The minimum atomic E-state index is 0.392. The molecule has 3 aromatic heterocycles. The quantitative estimate of drug-likeness (QED) is 0.124. The van der Waals surface area contributed by atoms with Gasteiger partial charge in [-0.15, -0.1) is 10.2 Å². The van der Waals surface area contributed by atoms with Gasteiger partial charge in [-0.05, 0) is 54.2 Å². The number of H-pyrrole nitrogens is 1. The van der Waals surface area contributed by atoms with Crippen molar-refractivity contribution >= 4 is 41.3 Å². The minimum Gasteiger partial charge on any atom is -0.335 e. The number of hydrogen-bond acceptors (Lipinski definition) is 8. The first kappa shape index (κ1) is 23.9. The van der Waals surface area contributed by atoms with E-state index in [0.29, 0.717) is 38.8 Å². The van der Waals surface area contributed by atoms with E-state index in [-0.39, 0.29) is 0 Å². The molecule has 5 aromatic rings. The van der Waals surface area contributed by atoms with Gasteiger partial charge in [0.15, 0.2) is 11.6 Å². The number of nitrogens with zero attached hydrogens (tertiary/aromatic N) is 7. The van der Waals surface area contributed by atoms with E-state index in [9.17, 15) is 0 Å². The topological polar surface area (TPSA) is 116 Å². The number of rotatable bonds is 8. The SMILES string of the molecule is Nn1c(SCC/C(=N\n2c(-c3ccc(Cl)cc3)n[nH]c2=S)c2ccccc2)nnc1-c1cccnc1. The van der Waals surface area contributed by atoms with Crippen LogP contribution >= 0.6 is 35.6 Å². The minimum absolute atomic E-state index is 0.392. The zero-order valence-corrected chi connectivity index (χ0v) is 21.2. The molecule has 9 nitrogen and oxygen atoms in total. The molecule has 0 amide bonds. The molecular formula is C24H20ClN9S2. The molecule has 0 bridgehead atoms. The van der Waals surface area contributed by atoms with Gasteiger partial charge in [-0.25, -0.2) is 9.77 Å². The van der Waals surface area contributed by atoms with Crippen molar-refractivity contribution in [2.75, 3.05) is 11.6 Å². The van der Waals surface area contributed by atoms with Gasteiger partial charge in [0.05, 0.1) is 5.71 Å². The van der Waals surface area contributed by atoms with Gasteiger partial charge in [-0.2, -0.15) is 14.9 Å². The van der Waals surface area contributed by atoms with Crippen molar-refractivity contribution in [2.24, 2.45) is 5.10 Å². The average molecular weight is 534 g/mol. The number of thioether (sulfide) groups is 1. The summed E-state index contributed by atoms with van der Waals surface area (Å²) >= 11 is 13.0. The fraction of sp³-hybridized carbons (Fsp3) is 0.0833. The fourth-order valence-electron chi connectivity index (χ4n) is 3.48. The van der Waals surface area contributed by atoms with Crippen LogP contribution in [0.25, 0.3) is 22.8 Å².